The van der Waals surface area contributed by atoms with Crippen LogP contribution in [-0.2, 0) is 0 Å². The number of anilines is 2. The summed E-state index contributed by atoms with van der Waals surface area (Å²) < 4.78 is 0. The van der Waals surface area contributed by atoms with E-state index in [-0.39, 0.29) is 0 Å². The topological polar surface area (TPSA) is 78.5 Å². The van der Waals surface area contributed by atoms with E-state index in [1.807, 2.05) is 7.05 Å². The molecule has 2 aromatic heterocycles. The van der Waals surface area contributed by atoms with Gasteiger partial charge in [-0.3, -0.25) is 5.10 Å². The molecule has 1 fully saturated rings. The molecule has 6 nitrogen and oxygen atoms in total. The molecule has 3 N–H and O–H groups in total. The molecule has 1 aliphatic rings. The molecule has 1 aliphatic carbocycles. The molecule has 0 atom stereocenters. The van der Waals surface area contributed by atoms with Crippen molar-refractivity contribution in [2.75, 3.05) is 24.2 Å². The minimum absolute atomic E-state index is 0.445. The first-order valence-electron chi connectivity index (χ1n) is 6.77. The van der Waals surface area contributed by atoms with Gasteiger partial charge in [0.1, 0.15) is 5.82 Å². The van der Waals surface area contributed by atoms with Crippen molar-refractivity contribution < 1.29 is 0 Å². The maximum Gasteiger partial charge on any atom is 0.226 e. The third-order valence-electron chi connectivity index (χ3n) is 4.26. The second kappa shape index (κ2) is 4.36. The Morgan fingerprint density at radius 2 is 2.16 bits per heavy atom. The summed E-state index contributed by atoms with van der Waals surface area (Å²) in [6.07, 6.45) is 4.37. The molecule has 0 bridgehead atoms. The molecule has 2 heterocycles. The normalized spacial score (nSPS) is 16.8. The zero-order chi connectivity index (χ0) is 13.5. The maximum atomic E-state index is 4.49. The smallest absolute Gasteiger partial charge is 0.226 e. The van der Waals surface area contributed by atoms with Crippen molar-refractivity contribution in [3.8, 4) is 0 Å². The zero-order valence-electron chi connectivity index (χ0n) is 11.6. The zero-order valence-corrected chi connectivity index (χ0v) is 11.6. The van der Waals surface area contributed by atoms with Gasteiger partial charge in [-0.2, -0.15) is 15.1 Å². The average Bonchev–Trinajstić information content (AvgIpc) is 3.06. The highest BCUT2D eigenvalue weighted by Gasteiger charge is 2.45. The van der Waals surface area contributed by atoms with Gasteiger partial charge in [0.15, 0.2) is 5.65 Å². The molecule has 19 heavy (non-hydrogen) atoms. The highest BCUT2D eigenvalue weighted by Crippen LogP contribution is 2.51. The van der Waals surface area contributed by atoms with Gasteiger partial charge in [0.2, 0.25) is 5.95 Å². The Labute approximate surface area is 112 Å². The Bertz CT molecular complexity index is 584. The van der Waals surface area contributed by atoms with E-state index in [4.69, 9.17) is 0 Å². The van der Waals surface area contributed by atoms with Gasteiger partial charge in [-0.1, -0.05) is 13.8 Å². The Morgan fingerprint density at radius 1 is 1.37 bits per heavy atom. The molecule has 1 saturated carbocycles. The average molecular weight is 260 g/mol. The Kier molecular flexibility index (Phi) is 2.80. The quantitative estimate of drug-likeness (QED) is 0.768. The van der Waals surface area contributed by atoms with E-state index in [0.717, 1.165) is 23.4 Å². The van der Waals surface area contributed by atoms with Crippen molar-refractivity contribution in [1.29, 1.82) is 0 Å². The van der Waals surface area contributed by atoms with Crippen LogP contribution in [-0.4, -0.2) is 33.8 Å². The van der Waals surface area contributed by atoms with Gasteiger partial charge >= 0.3 is 0 Å². The number of nitrogens with one attached hydrogen (secondary N) is 3. The standard InChI is InChI=1S/C13H20N6/c1-8(2)13(4-5-13)7-15-10-9-6-16-19-11(9)18-12(14-3)17-10/h6,8H,4-5,7H2,1-3H3,(H3,14,15,16,17,18,19). The van der Waals surface area contributed by atoms with Crippen LogP contribution in [0.15, 0.2) is 6.20 Å². The summed E-state index contributed by atoms with van der Waals surface area (Å²) in [5.41, 5.74) is 1.21. The highest BCUT2D eigenvalue weighted by molar-refractivity contribution is 5.86. The largest absolute Gasteiger partial charge is 0.369 e. The molecule has 102 valence electrons. The first-order chi connectivity index (χ1) is 9.14. The van der Waals surface area contributed by atoms with Crippen molar-refractivity contribution in [1.82, 2.24) is 20.2 Å². The van der Waals surface area contributed by atoms with Crippen LogP contribution in [0.2, 0.25) is 0 Å². The third kappa shape index (κ3) is 2.11. The van der Waals surface area contributed by atoms with Crippen molar-refractivity contribution >= 4 is 22.8 Å². The fourth-order valence-corrected chi connectivity index (χ4v) is 2.46. The fraction of sp³-hybridized carbons (Fsp3) is 0.615. The van der Waals surface area contributed by atoms with Crippen LogP contribution in [0.1, 0.15) is 26.7 Å². The van der Waals surface area contributed by atoms with E-state index < -0.39 is 0 Å². The Balaban J connectivity index is 1.85. The molecule has 0 aromatic carbocycles. The van der Waals surface area contributed by atoms with Crippen LogP contribution in [0.3, 0.4) is 0 Å². The monoisotopic (exact) mass is 260 g/mol. The molecule has 0 aliphatic heterocycles. The summed E-state index contributed by atoms with van der Waals surface area (Å²) in [7, 11) is 1.82. The maximum absolute atomic E-state index is 4.49. The van der Waals surface area contributed by atoms with Crippen molar-refractivity contribution in [3.05, 3.63) is 6.20 Å². The summed E-state index contributed by atoms with van der Waals surface area (Å²) in [6, 6.07) is 0. The molecular formula is C13H20N6. The summed E-state index contributed by atoms with van der Waals surface area (Å²) >= 11 is 0. The van der Waals surface area contributed by atoms with Crippen molar-refractivity contribution in [3.63, 3.8) is 0 Å². The minimum atomic E-state index is 0.445. The molecule has 0 saturated heterocycles. The highest BCUT2D eigenvalue weighted by atomic mass is 15.2. The van der Waals surface area contributed by atoms with Gasteiger partial charge in [0.25, 0.3) is 0 Å². The van der Waals surface area contributed by atoms with E-state index in [1.165, 1.54) is 12.8 Å². The van der Waals surface area contributed by atoms with E-state index >= 15 is 0 Å². The minimum Gasteiger partial charge on any atom is -0.369 e. The van der Waals surface area contributed by atoms with E-state index in [1.54, 1.807) is 6.20 Å². The molecule has 2 aromatic rings. The van der Waals surface area contributed by atoms with Crippen LogP contribution in [0.4, 0.5) is 11.8 Å². The summed E-state index contributed by atoms with van der Waals surface area (Å²) in [4.78, 5) is 8.82. The van der Waals surface area contributed by atoms with Gasteiger partial charge < -0.3 is 10.6 Å². The van der Waals surface area contributed by atoms with Crippen molar-refractivity contribution in [2.24, 2.45) is 11.3 Å². The number of hydrogen-bond donors (Lipinski definition) is 3. The summed E-state index contributed by atoms with van der Waals surface area (Å²) in [6.45, 7) is 5.55. The number of hydrogen-bond acceptors (Lipinski definition) is 5. The Morgan fingerprint density at radius 3 is 2.79 bits per heavy atom. The van der Waals surface area contributed by atoms with Gasteiger partial charge in [-0.05, 0) is 24.2 Å². The summed E-state index contributed by atoms with van der Waals surface area (Å²) in [5, 5.41) is 14.3. The molecule has 6 heteroatoms. The molecule has 0 radical (unpaired) electrons. The number of aromatic nitrogens is 4. The van der Waals surface area contributed by atoms with E-state index in [9.17, 15) is 0 Å². The number of rotatable bonds is 5. The van der Waals surface area contributed by atoms with Crippen LogP contribution >= 0.6 is 0 Å². The second-order valence-electron chi connectivity index (χ2n) is 5.65. The lowest BCUT2D eigenvalue weighted by atomic mass is 9.92. The van der Waals surface area contributed by atoms with Crippen LogP contribution in [0.5, 0.6) is 0 Å². The van der Waals surface area contributed by atoms with Gasteiger partial charge in [0.05, 0.1) is 11.6 Å². The van der Waals surface area contributed by atoms with Gasteiger partial charge in [-0.25, -0.2) is 0 Å². The van der Waals surface area contributed by atoms with Crippen LogP contribution in [0.25, 0.3) is 11.0 Å². The Hall–Kier alpha value is -1.85. The second-order valence-corrected chi connectivity index (χ2v) is 5.65. The van der Waals surface area contributed by atoms with Crippen molar-refractivity contribution in [2.45, 2.75) is 26.7 Å². The number of aromatic amines is 1. The predicted molar refractivity (Wildman–Crippen MR) is 76.2 cm³/mol. The molecule has 3 rings (SSSR count). The predicted octanol–water partition coefficient (Wildman–Crippen LogP) is 2.24. The van der Waals surface area contributed by atoms with E-state index in [0.29, 0.717) is 17.3 Å². The molecular weight excluding hydrogens is 240 g/mol. The van der Waals surface area contributed by atoms with Gasteiger partial charge in [0, 0.05) is 13.6 Å². The number of nitrogens with zero attached hydrogens (tertiary/aromatic N) is 3. The summed E-state index contributed by atoms with van der Waals surface area (Å²) in [5.74, 6) is 2.16. The fourth-order valence-electron chi connectivity index (χ4n) is 2.46. The van der Waals surface area contributed by atoms with Gasteiger partial charge in [-0.15, -0.1) is 0 Å². The third-order valence-corrected chi connectivity index (χ3v) is 4.26. The number of H-pyrrole nitrogens is 1. The SMILES string of the molecule is CNc1nc(NCC2(C(C)C)CC2)c2cn[nH]c2n1. The molecule has 0 spiro atoms. The lowest BCUT2D eigenvalue weighted by molar-refractivity contribution is 0.380. The lowest BCUT2D eigenvalue weighted by Gasteiger charge is -2.20. The first kappa shape index (κ1) is 12.2. The van der Waals surface area contributed by atoms with Crippen LogP contribution in [0, 0.1) is 11.3 Å². The first-order valence-corrected chi connectivity index (χ1v) is 6.77. The number of fused-ring (bicyclic) bond motifs is 1. The van der Waals surface area contributed by atoms with E-state index in [2.05, 4.69) is 44.6 Å². The molecule has 0 amide bonds. The molecule has 0 unspecified atom stereocenters. The lowest BCUT2D eigenvalue weighted by Crippen LogP contribution is -2.21. The van der Waals surface area contributed by atoms with Crippen LogP contribution < -0.4 is 10.6 Å².